The van der Waals surface area contributed by atoms with Crippen LogP contribution in [0, 0.1) is 0 Å². The number of rotatable bonds is 35. The number of allylic oxidation sites excluding steroid dienone is 8. The molecule has 4 nitrogen and oxygen atoms in total. The summed E-state index contributed by atoms with van der Waals surface area (Å²) >= 11 is 0. The second-order valence-electron chi connectivity index (χ2n) is 13.1. The van der Waals surface area contributed by atoms with Gasteiger partial charge in [-0.25, -0.2) is 0 Å². The van der Waals surface area contributed by atoms with E-state index >= 15 is 0 Å². The minimum atomic E-state index is -0.690. The molecule has 0 amide bonds. The fourth-order valence-electron chi connectivity index (χ4n) is 5.64. The topological polar surface area (TPSA) is 63.6 Å². The maximum absolute atomic E-state index is 12.6. The molecule has 0 fully saturated rings. The van der Waals surface area contributed by atoms with Crippen LogP contribution >= 0.6 is 0 Å². The van der Waals surface area contributed by atoms with E-state index in [4.69, 9.17) is 9.84 Å². The van der Waals surface area contributed by atoms with E-state index in [0.717, 1.165) is 83.5 Å². The van der Waals surface area contributed by atoms with Crippen molar-refractivity contribution >= 4 is 11.9 Å². The first-order valence-corrected chi connectivity index (χ1v) is 19.6. The average Bonchev–Trinajstić information content (AvgIpc) is 3.04. The van der Waals surface area contributed by atoms with E-state index in [1.54, 1.807) is 0 Å². The van der Waals surface area contributed by atoms with Gasteiger partial charge in [-0.3, -0.25) is 9.59 Å². The van der Waals surface area contributed by atoms with Crippen LogP contribution in [0.1, 0.15) is 200 Å². The number of hydrogen-bond donors (Lipinski definition) is 1. The molecule has 0 spiro atoms. The van der Waals surface area contributed by atoms with Gasteiger partial charge in [-0.2, -0.15) is 0 Å². The molecule has 0 aromatic carbocycles. The molecular weight excluding hydrogens is 568 g/mol. The van der Waals surface area contributed by atoms with Crippen molar-refractivity contribution in [2.75, 3.05) is 0 Å². The number of carbonyl (C=O) groups is 2. The van der Waals surface area contributed by atoms with Crippen molar-refractivity contribution in [3.63, 3.8) is 0 Å². The van der Waals surface area contributed by atoms with Crippen LogP contribution in [0.5, 0.6) is 0 Å². The molecule has 0 bridgehead atoms. The van der Waals surface area contributed by atoms with Gasteiger partial charge in [0.15, 0.2) is 0 Å². The van der Waals surface area contributed by atoms with Crippen LogP contribution in [-0.2, 0) is 14.3 Å². The number of carbonyl (C=O) groups excluding carboxylic acids is 1. The van der Waals surface area contributed by atoms with Crippen LogP contribution in [-0.4, -0.2) is 23.1 Å². The third-order valence-corrected chi connectivity index (χ3v) is 8.55. The Hall–Kier alpha value is -2.10. The summed E-state index contributed by atoms with van der Waals surface area (Å²) in [6.45, 7) is 4.49. The molecule has 0 saturated heterocycles. The number of aliphatic carboxylic acids is 1. The van der Waals surface area contributed by atoms with Gasteiger partial charge < -0.3 is 9.84 Å². The smallest absolute Gasteiger partial charge is 0.306 e. The quantitative estimate of drug-likeness (QED) is 0.0424. The van der Waals surface area contributed by atoms with Crippen LogP contribution in [0.25, 0.3) is 0 Å². The molecule has 0 aliphatic heterocycles. The Morgan fingerprint density at radius 2 is 0.848 bits per heavy atom. The Balaban J connectivity index is 3.89. The SMILES string of the molecule is CCCCC/C=C\C/C=C\C/C=C\C/C=C\CCCCCCCC(=O)OC(CCCCCCC)CCCCCCCCCC(=O)O. The molecule has 1 unspecified atom stereocenters. The van der Waals surface area contributed by atoms with E-state index in [-0.39, 0.29) is 18.5 Å². The highest BCUT2D eigenvalue weighted by atomic mass is 16.5. The fourth-order valence-corrected chi connectivity index (χ4v) is 5.64. The summed E-state index contributed by atoms with van der Waals surface area (Å²) in [6, 6.07) is 0. The fraction of sp³-hybridized carbons (Fsp3) is 0.762. The summed E-state index contributed by atoms with van der Waals surface area (Å²) in [7, 11) is 0. The van der Waals surface area contributed by atoms with Crippen LogP contribution in [0.4, 0.5) is 0 Å². The van der Waals surface area contributed by atoms with E-state index < -0.39 is 5.97 Å². The molecule has 0 aromatic rings. The average molecular weight is 643 g/mol. The van der Waals surface area contributed by atoms with Crippen LogP contribution in [0.3, 0.4) is 0 Å². The van der Waals surface area contributed by atoms with Gasteiger partial charge in [0.05, 0.1) is 0 Å². The van der Waals surface area contributed by atoms with Crippen molar-refractivity contribution in [1.29, 1.82) is 0 Å². The summed E-state index contributed by atoms with van der Waals surface area (Å²) < 4.78 is 5.97. The Morgan fingerprint density at radius 1 is 0.478 bits per heavy atom. The predicted molar refractivity (Wildman–Crippen MR) is 199 cm³/mol. The lowest BCUT2D eigenvalue weighted by molar-refractivity contribution is -0.150. The number of esters is 1. The largest absolute Gasteiger partial charge is 0.481 e. The van der Waals surface area contributed by atoms with Gasteiger partial charge >= 0.3 is 11.9 Å². The lowest BCUT2D eigenvalue weighted by Crippen LogP contribution is -2.18. The van der Waals surface area contributed by atoms with Gasteiger partial charge in [-0.05, 0) is 83.5 Å². The van der Waals surface area contributed by atoms with Gasteiger partial charge in [0.1, 0.15) is 6.10 Å². The van der Waals surface area contributed by atoms with Gasteiger partial charge in [0, 0.05) is 12.8 Å². The standard InChI is InChI=1S/C42H74O4/c1-3-5-7-9-10-11-12-13-14-15-16-17-18-19-20-21-22-23-27-31-35-39-42(45)46-40(36-32-28-8-6-4-2)37-33-29-25-24-26-30-34-38-41(43)44/h10-11,13-14,16-17,19-20,40H,3-9,12,15,18,21-39H2,1-2H3,(H,43,44)/b11-10-,14-13-,17-16-,20-19-. The highest BCUT2D eigenvalue weighted by molar-refractivity contribution is 5.69. The van der Waals surface area contributed by atoms with E-state index in [1.165, 1.54) is 89.9 Å². The monoisotopic (exact) mass is 643 g/mol. The lowest BCUT2D eigenvalue weighted by atomic mass is 10.0. The Kier molecular flexibility index (Phi) is 35.7. The van der Waals surface area contributed by atoms with E-state index in [2.05, 4.69) is 62.5 Å². The Bertz CT molecular complexity index is 779. The third-order valence-electron chi connectivity index (χ3n) is 8.55. The first-order chi connectivity index (χ1) is 22.6. The van der Waals surface area contributed by atoms with Crippen molar-refractivity contribution in [2.45, 2.75) is 206 Å². The maximum Gasteiger partial charge on any atom is 0.306 e. The molecule has 0 radical (unpaired) electrons. The van der Waals surface area contributed by atoms with Gasteiger partial charge in [0.25, 0.3) is 0 Å². The highest BCUT2D eigenvalue weighted by Crippen LogP contribution is 2.18. The Morgan fingerprint density at radius 3 is 1.35 bits per heavy atom. The summed E-state index contributed by atoms with van der Waals surface area (Å²) in [6.07, 6.45) is 50.0. The number of carboxylic acids is 1. The first-order valence-electron chi connectivity index (χ1n) is 19.6. The van der Waals surface area contributed by atoms with Gasteiger partial charge in [0.2, 0.25) is 0 Å². The molecule has 0 aliphatic rings. The van der Waals surface area contributed by atoms with Crippen molar-refractivity contribution in [3.8, 4) is 0 Å². The maximum atomic E-state index is 12.6. The molecular formula is C42H74O4. The van der Waals surface area contributed by atoms with Crippen LogP contribution < -0.4 is 0 Å². The number of unbranched alkanes of at least 4 members (excludes halogenated alkanes) is 18. The molecule has 1 N–H and O–H groups in total. The molecule has 1 atom stereocenters. The normalized spacial score (nSPS) is 12.7. The third kappa shape index (κ3) is 36.4. The first kappa shape index (κ1) is 43.9. The lowest BCUT2D eigenvalue weighted by Gasteiger charge is -2.18. The second kappa shape index (κ2) is 37.4. The summed E-state index contributed by atoms with van der Waals surface area (Å²) in [5, 5.41) is 8.74. The summed E-state index contributed by atoms with van der Waals surface area (Å²) in [5.74, 6) is -0.692. The van der Waals surface area contributed by atoms with E-state index in [9.17, 15) is 9.59 Å². The second-order valence-corrected chi connectivity index (χ2v) is 13.1. The minimum absolute atomic E-state index is 0.00175. The highest BCUT2D eigenvalue weighted by Gasteiger charge is 2.14. The van der Waals surface area contributed by atoms with Crippen LogP contribution in [0.2, 0.25) is 0 Å². The minimum Gasteiger partial charge on any atom is -0.481 e. The predicted octanol–water partition coefficient (Wildman–Crippen LogP) is 13.6. The summed E-state index contributed by atoms with van der Waals surface area (Å²) in [4.78, 5) is 23.2. The zero-order valence-corrected chi connectivity index (χ0v) is 30.4. The Labute approximate surface area is 285 Å². The number of hydrogen-bond acceptors (Lipinski definition) is 3. The van der Waals surface area contributed by atoms with Crippen LogP contribution in [0.15, 0.2) is 48.6 Å². The molecule has 0 saturated carbocycles. The molecule has 4 heteroatoms. The zero-order chi connectivity index (χ0) is 33.6. The molecule has 266 valence electrons. The molecule has 0 aliphatic carbocycles. The van der Waals surface area contributed by atoms with Gasteiger partial charge in [-0.1, -0.05) is 152 Å². The van der Waals surface area contributed by atoms with Crippen molar-refractivity contribution in [2.24, 2.45) is 0 Å². The van der Waals surface area contributed by atoms with E-state index in [1.807, 2.05) is 0 Å². The van der Waals surface area contributed by atoms with E-state index in [0.29, 0.717) is 6.42 Å². The molecule has 0 aromatic heterocycles. The zero-order valence-electron chi connectivity index (χ0n) is 30.4. The van der Waals surface area contributed by atoms with Crippen molar-refractivity contribution in [3.05, 3.63) is 48.6 Å². The van der Waals surface area contributed by atoms with Gasteiger partial charge in [-0.15, -0.1) is 0 Å². The number of ether oxygens (including phenoxy) is 1. The van der Waals surface area contributed by atoms with Crippen molar-refractivity contribution in [1.82, 2.24) is 0 Å². The molecule has 46 heavy (non-hydrogen) atoms. The molecule has 0 heterocycles. The summed E-state index contributed by atoms with van der Waals surface area (Å²) in [5.41, 5.74) is 0. The molecule has 0 rings (SSSR count). The van der Waals surface area contributed by atoms with Crippen molar-refractivity contribution < 1.29 is 19.4 Å². The number of carboxylic acid groups (broad SMARTS) is 1.